The second kappa shape index (κ2) is 5.56. The number of Topliss-reactive ketones (excluding diaryl/α,β-unsaturated/α-hetero) is 1. The van der Waals surface area contributed by atoms with E-state index in [1.807, 2.05) is 0 Å². The zero-order chi connectivity index (χ0) is 10.4. The standard InChI is InChI=1S/C9H17NO3/c1-6(2)8(11)5-10-9(12)13-7(3)4/h6-7H,5H2,1-4H3,(H,10,12). The Hall–Kier alpha value is -1.06. The molecule has 0 aliphatic carbocycles. The Morgan fingerprint density at radius 1 is 1.23 bits per heavy atom. The summed E-state index contributed by atoms with van der Waals surface area (Å²) in [4.78, 5) is 22.0. The lowest BCUT2D eigenvalue weighted by Gasteiger charge is -2.09. The second-order valence-corrected chi connectivity index (χ2v) is 3.43. The van der Waals surface area contributed by atoms with Crippen LogP contribution in [0.4, 0.5) is 4.79 Å². The lowest BCUT2D eigenvalue weighted by Crippen LogP contribution is -2.33. The van der Waals surface area contributed by atoms with Crippen molar-refractivity contribution in [3.63, 3.8) is 0 Å². The van der Waals surface area contributed by atoms with E-state index in [0.29, 0.717) is 0 Å². The van der Waals surface area contributed by atoms with Gasteiger partial charge in [-0.15, -0.1) is 0 Å². The second-order valence-electron chi connectivity index (χ2n) is 3.43. The first-order valence-electron chi connectivity index (χ1n) is 4.40. The van der Waals surface area contributed by atoms with Crippen molar-refractivity contribution in [2.75, 3.05) is 6.54 Å². The highest BCUT2D eigenvalue weighted by molar-refractivity contribution is 5.85. The minimum atomic E-state index is -0.538. The minimum Gasteiger partial charge on any atom is -0.447 e. The van der Waals surface area contributed by atoms with Gasteiger partial charge in [-0.1, -0.05) is 13.8 Å². The van der Waals surface area contributed by atoms with E-state index in [9.17, 15) is 9.59 Å². The SMILES string of the molecule is CC(C)OC(=O)NCC(=O)C(C)C. The van der Waals surface area contributed by atoms with Gasteiger partial charge in [-0.2, -0.15) is 0 Å². The van der Waals surface area contributed by atoms with Crippen LogP contribution in [0.15, 0.2) is 0 Å². The molecule has 0 saturated carbocycles. The summed E-state index contributed by atoms with van der Waals surface area (Å²) in [7, 11) is 0. The van der Waals surface area contributed by atoms with Gasteiger partial charge in [0.25, 0.3) is 0 Å². The van der Waals surface area contributed by atoms with Gasteiger partial charge in [0.1, 0.15) is 0 Å². The summed E-state index contributed by atoms with van der Waals surface area (Å²) in [5.41, 5.74) is 0. The smallest absolute Gasteiger partial charge is 0.407 e. The predicted molar refractivity (Wildman–Crippen MR) is 49.5 cm³/mol. The molecule has 0 rings (SSSR count). The molecular weight excluding hydrogens is 170 g/mol. The van der Waals surface area contributed by atoms with Crippen LogP contribution in [0.25, 0.3) is 0 Å². The third kappa shape index (κ3) is 6.13. The van der Waals surface area contributed by atoms with Crippen molar-refractivity contribution < 1.29 is 14.3 Å². The van der Waals surface area contributed by atoms with Crippen LogP contribution in [0.2, 0.25) is 0 Å². The van der Waals surface area contributed by atoms with Gasteiger partial charge in [0.2, 0.25) is 0 Å². The zero-order valence-corrected chi connectivity index (χ0v) is 8.59. The largest absolute Gasteiger partial charge is 0.447 e. The van der Waals surface area contributed by atoms with Gasteiger partial charge in [-0.05, 0) is 13.8 Å². The normalized spacial score (nSPS) is 10.3. The highest BCUT2D eigenvalue weighted by Crippen LogP contribution is 1.93. The number of carbonyl (C=O) groups excluding carboxylic acids is 2. The summed E-state index contributed by atoms with van der Waals surface area (Å²) in [5.74, 6) is -0.0555. The minimum absolute atomic E-state index is 0.000654. The maximum Gasteiger partial charge on any atom is 0.407 e. The van der Waals surface area contributed by atoms with Crippen LogP contribution < -0.4 is 5.32 Å². The number of hydrogen-bond acceptors (Lipinski definition) is 3. The van der Waals surface area contributed by atoms with Gasteiger partial charge in [-0.25, -0.2) is 4.79 Å². The molecule has 0 radical (unpaired) electrons. The number of ether oxygens (including phenoxy) is 1. The number of rotatable bonds is 4. The van der Waals surface area contributed by atoms with E-state index < -0.39 is 6.09 Å². The number of carbonyl (C=O) groups is 2. The molecule has 0 aliphatic heterocycles. The Labute approximate surface area is 78.6 Å². The van der Waals surface area contributed by atoms with Crippen LogP contribution in [-0.4, -0.2) is 24.5 Å². The first-order valence-corrected chi connectivity index (χ1v) is 4.40. The Morgan fingerprint density at radius 2 is 1.77 bits per heavy atom. The van der Waals surface area contributed by atoms with E-state index in [0.717, 1.165) is 0 Å². The van der Waals surface area contributed by atoms with Crippen LogP contribution in [0.1, 0.15) is 27.7 Å². The molecule has 0 atom stereocenters. The van der Waals surface area contributed by atoms with Gasteiger partial charge in [0, 0.05) is 5.92 Å². The fourth-order valence-corrected chi connectivity index (χ4v) is 0.619. The van der Waals surface area contributed by atoms with Crippen molar-refractivity contribution in [1.82, 2.24) is 5.32 Å². The molecule has 0 bridgehead atoms. The van der Waals surface area contributed by atoms with E-state index in [4.69, 9.17) is 4.74 Å². The molecular formula is C9H17NO3. The van der Waals surface area contributed by atoms with Crippen molar-refractivity contribution in [3.8, 4) is 0 Å². The number of alkyl carbamates (subject to hydrolysis) is 1. The van der Waals surface area contributed by atoms with Crippen LogP contribution in [-0.2, 0) is 9.53 Å². The van der Waals surface area contributed by atoms with E-state index in [1.54, 1.807) is 27.7 Å². The molecule has 0 aromatic carbocycles. The van der Waals surface area contributed by atoms with Gasteiger partial charge < -0.3 is 10.1 Å². The van der Waals surface area contributed by atoms with Crippen LogP contribution >= 0.6 is 0 Å². The van der Waals surface area contributed by atoms with Crippen LogP contribution in [0.3, 0.4) is 0 Å². The lowest BCUT2D eigenvalue weighted by molar-refractivity contribution is -0.121. The van der Waals surface area contributed by atoms with Gasteiger partial charge in [0.05, 0.1) is 12.6 Å². The summed E-state index contributed by atoms with van der Waals surface area (Å²) in [6.07, 6.45) is -0.696. The maximum absolute atomic E-state index is 11.1. The molecule has 0 aliphatic rings. The summed E-state index contributed by atoms with van der Waals surface area (Å²) in [6.45, 7) is 7.13. The summed E-state index contributed by atoms with van der Waals surface area (Å²) in [6, 6.07) is 0. The van der Waals surface area contributed by atoms with Gasteiger partial charge >= 0.3 is 6.09 Å². The maximum atomic E-state index is 11.1. The molecule has 0 spiro atoms. The number of nitrogens with one attached hydrogen (secondary N) is 1. The molecule has 4 heteroatoms. The van der Waals surface area contributed by atoms with Crippen molar-refractivity contribution in [3.05, 3.63) is 0 Å². The highest BCUT2D eigenvalue weighted by atomic mass is 16.6. The molecule has 0 aromatic heterocycles. The summed E-state index contributed by atoms with van der Waals surface area (Å²) < 4.78 is 4.78. The molecule has 0 aromatic rings. The monoisotopic (exact) mass is 187 g/mol. The van der Waals surface area contributed by atoms with Gasteiger partial charge in [0.15, 0.2) is 5.78 Å². The average molecular weight is 187 g/mol. The Balaban J connectivity index is 3.64. The summed E-state index contributed by atoms with van der Waals surface area (Å²) >= 11 is 0. The molecule has 1 amide bonds. The fourth-order valence-electron chi connectivity index (χ4n) is 0.619. The Kier molecular flexibility index (Phi) is 5.11. The van der Waals surface area contributed by atoms with Crippen LogP contribution in [0, 0.1) is 5.92 Å². The summed E-state index contributed by atoms with van der Waals surface area (Å²) in [5, 5.41) is 2.38. The topological polar surface area (TPSA) is 55.4 Å². The Bertz CT molecular complexity index is 187. The molecule has 0 heterocycles. The van der Waals surface area contributed by atoms with Crippen molar-refractivity contribution >= 4 is 11.9 Å². The fraction of sp³-hybridized carbons (Fsp3) is 0.778. The van der Waals surface area contributed by atoms with E-state index in [1.165, 1.54) is 0 Å². The van der Waals surface area contributed by atoms with Crippen molar-refractivity contribution in [2.24, 2.45) is 5.92 Å². The highest BCUT2D eigenvalue weighted by Gasteiger charge is 2.10. The van der Waals surface area contributed by atoms with E-state index >= 15 is 0 Å². The molecule has 76 valence electrons. The third-order valence-corrected chi connectivity index (χ3v) is 1.39. The molecule has 4 nitrogen and oxygen atoms in total. The molecule has 0 saturated heterocycles. The van der Waals surface area contributed by atoms with E-state index in [-0.39, 0.29) is 24.3 Å². The molecule has 0 unspecified atom stereocenters. The van der Waals surface area contributed by atoms with Crippen molar-refractivity contribution in [1.29, 1.82) is 0 Å². The first-order chi connectivity index (χ1) is 5.93. The van der Waals surface area contributed by atoms with Gasteiger partial charge in [-0.3, -0.25) is 4.79 Å². The van der Waals surface area contributed by atoms with Crippen molar-refractivity contribution in [2.45, 2.75) is 33.8 Å². The number of ketones is 1. The van der Waals surface area contributed by atoms with E-state index in [2.05, 4.69) is 5.32 Å². The molecule has 13 heavy (non-hydrogen) atoms. The zero-order valence-electron chi connectivity index (χ0n) is 8.59. The van der Waals surface area contributed by atoms with Crippen LogP contribution in [0.5, 0.6) is 0 Å². The average Bonchev–Trinajstić information content (AvgIpc) is 1.98. The Morgan fingerprint density at radius 3 is 2.15 bits per heavy atom. The molecule has 0 fully saturated rings. The quantitative estimate of drug-likeness (QED) is 0.722. The third-order valence-electron chi connectivity index (χ3n) is 1.39. The number of amides is 1. The number of hydrogen-bond donors (Lipinski definition) is 1. The lowest BCUT2D eigenvalue weighted by atomic mass is 10.1. The first kappa shape index (κ1) is 11.9. The molecule has 1 N–H and O–H groups in total. The predicted octanol–water partition coefficient (Wildman–Crippen LogP) is 1.35.